The third-order valence-electron chi connectivity index (χ3n) is 1.65. The minimum atomic E-state index is 0.378. The zero-order valence-electron chi connectivity index (χ0n) is 6.53. The van der Waals surface area contributed by atoms with Crippen LogP contribution in [0, 0.1) is 6.92 Å². The summed E-state index contributed by atoms with van der Waals surface area (Å²) in [5, 5.41) is 4.00. The van der Waals surface area contributed by atoms with E-state index in [-0.39, 0.29) is 0 Å². The second-order valence-electron chi connectivity index (χ2n) is 2.29. The van der Waals surface area contributed by atoms with Crippen molar-refractivity contribution in [1.29, 1.82) is 0 Å². The van der Waals surface area contributed by atoms with Gasteiger partial charge in [-0.05, 0) is 6.92 Å². The van der Waals surface area contributed by atoms with Crippen LogP contribution in [-0.2, 0) is 18.4 Å². The molecule has 0 aliphatic carbocycles. The van der Waals surface area contributed by atoms with E-state index in [4.69, 9.17) is 0 Å². The van der Waals surface area contributed by atoms with E-state index in [0.717, 1.165) is 11.3 Å². The van der Waals surface area contributed by atoms with E-state index in [1.807, 2.05) is 14.0 Å². The van der Waals surface area contributed by atoms with Gasteiger partial charge in [0.2, 0.25) is 6.08 Å². The first-order chi connectivity index (χ1) is 5.25. The molecule has 0 amide bonds. The molecule has 0 aliphatic heterocycles. The van der Waals surface area contributed by atoms with Crippen LogP contribution in [-0.4, -0.2) is 15.9 Å². The zero-order valence-corrected chi connectivity index (χ0v) is 6.53. The van der Waals surface area contributed by atoms with E-state index >= 15 is 0 Å². The molecular formula is C7H9N3O. The van der Waals surface area contributed by atoms with Crippen LogP contribution in [0.4, 0.5) is 0 Å². The third kappa shape index (κ3) is 1.53. The maximum Gasteiger partial charge on any atom is 0.235 e. The summed E-state index contributed by atoms with van der Waals surface area (Å²) in [7, 11) is 1.85. The van der Waals surface area contributed by atoms with Gasteiger partial charge < -0.3 is 0 Å². The van der Waals surface area contributed by atoms with Gasteiger partial charge in [-0.25, -0.2) is 9.79 Å². The number of rotatable bonds is 2. The zero-order chi connectivity index (χ0) is 8.27. The van der Waals surface area contributed by atoms with Crippen molar-refractivity contribution in [2.45, 2.75) is 13.5 Å². The van der Waals surface area contributed by atoms with Gasteiger partial charge >= 0.3 is 0 Å². The molecule has 1 rings (SSSR count). The molecular weight excluding hydrogens is 142 g/mol. The number of isocyanates is 1. The molecule has 0 N–H and O–H groups in total. The number of hydrogen-bond acceptors (Lipinski definition) is 3. The maximum absolute atomic E-state index is 9.78. The second kappa shape index (κ2) is 3.12. The minimum absolute atomic E-state index is 0.378. The Kier molecular flexibility index (Phi) is 2.18. The highest BCUT2D eigenvalue weighted by atomic mass is 16.1. The SMILES string of the molecule is Cc1c(CN=C=O)cnn1C. The maximum atomic E-state index is 9.78. The molecule has 58 valence electrons. The van der Waals surface area contributed by atoms with Crippen molar-refractivity contribution in [3.8, 4) is 0 Å². The molecule has 0 saturated heterocycles. The normalized spacial score (nSPS) is 9.27. The second-order valence-corrected chi connectivity index (χ2v) is 2.29. The highest BCUT2D eigenvalue weighted by molar-refractivity contribution is 5.33. The van der Waals surface area contributed by atoms with Crippen molar-refractivity contribution in [2.75, 3.05) is 0 Å². The van der Waals surface area contributed by atoms with Gasteiger partial charge in [-0.2, -0.15) is 5.10 Å². The van der Waals surface area contributed by atoms with Crippen molar-refractivity contribution in [2.24, 2.45) is 12.0 Å². The summed E-state index contributed by atoms with van der Waals surface area (Å²) >= 11 is 0. The lowest BCUT2D eigenvalue weighted by molar-refractivity contribution is 0.562. The van der Waals surface area contributed by atoms with E-state index in [0.29, 0.717) is 6.54 Å². The monoisotopic (exact) mass is 151 g/mol. The molecule has 1 heterocycles. The van der Waals surface area contributed by atoms with Gasteiger partial charge in [-0.3, -0.25) is 4.68 Å². The Bertz CT molecular complexity index is 297. The quantitative estimate of drug-likeness (QED) is 0.458. The summed E-state index contributed by atoms with van der Waals surface area (Å²) in [6.07, 6.45) is 3.20. The number of nitrogens with zero attached hydrogens (tertiary/aromatic N) is 3. The molecule has 4 heteroatoms. The van der Waals surface area contributed by atoms with Gasteiger partial charge in [0.25, 0.3) is 0 Å². The Morgan fingerprint density at radius 3 is 3.00 bits per heavy atom. The molecule has 0 aromatic carbocycles. The van der Waals surface area contributed by atoms with E-state index in [1.54, 1.807) is 10.9 Å². The predicted octanol–water partition coefficient (Wildman–Crippen LogP) is 0.564. The van der Waals surface area contributed by atoms with Crippen LogP contribution in [0.3, 0.4) is 0 Å². The van der Waals surface area contributed by atoms with E-state index < -0.39 is 0 Å². The summed E-state index contributed by atoms with van der Waals surface area (Å²) in [5.74, 6) is 0. The third-order valence-corrected chi connectivity index (χ3v) is 1.65. The number of carbonyl (C=O) groups excluding carboxylic acids is 1. The molecule has 0 unspecified atom stereocenters. The molecule has 1 aromatic rings. The molecule has 4 nitrogen and oxygen atoms in total. The average molecular weight is 151 g/mol. The molecule has 11 heavy (non-hydrogen) atoms. The lowest BCUT2D eigenvalue weighted by Crippen LogP contribution is -1.93. The molecule has 0 saturated carbocycles. The van der Waals surface area contributed by atoms with Crippen LogP contribution >= 0.6 is 0 Å². The molecule has 0 fully saturated rings. The van der Waals surface area contributed by atoms with E-state index in [2.05, 4.69) is 10.1 Å². The Balaban J connectivity index is 2.86. The molecule has 0 atom stereocenters. The van der Waals surface area contributed by atoms with Gasteiger partial charge in [0.15, 0.2) is 0 Å². The predicted molar refractivity (Wildman–Crippen MR) is 39.8 cm³/mol. The Morgan fingerprint density at radius 1 is 1.82 bits per heavy atom. The number of aromatic nitrogens is 2. The van der Waals surface area contributed by atoms with Crippen molar-refractivity contribution in [1.82, 2.24) is 9.78 Å². The first-order valence-corrected chi connectivity index (χ1v) is 3.27. The summed E-state index contributed by atoms with van der Waals surface area (Å²) in [6, 6.07) is 0. The van der Waals surface area contributed by atoms with Crippen LogP contribution in [0.1, 0.15) is 11.3 Å². The highest BCUT2D eigenvalue weighted by Crippen LogP contribution is 2.05. The Morgan fingerprint density at radius 2 is 2.55 bits per heavy atom. The van der Waals surface area contributed by atoms with Crippen LogP contribution in [0.25, 0.3) is 0 Å². The first kappa shape index (κ1) is 7.69. The standard InChI is InChI=1S/C7H9N3O/c1-6-7(3-8-5-11)4-9-10(6)2/h4H,3H2,1-2H3. The van der Waals surface area contributed by atoms with Crippen molar-refractivity contribution >= 4 is 6.08 Å². The van der Waals surface area contributed by atoms with Crippen LogP contribution in [0.15, 0.2) is 11.2 Å². The smallest absolute Gasteiger partial charge is 0.235 e. The molecule has 0 radical (unpaired) electrons. The lowest BCUT2D eigenvalue weighted by atomic mass is 10.3. The van der Waals surface area contributed by atoms with Crippen LogP contribution in [0.5, 0.6) is 0 Å². The Labute approximate surface area is 64.6 Å². The molecule has 1 aromatic heterocycles. The van der Waals surface area contributed by atoms with Gasteiger partial charge in [0.05, 0.1) is 12.7 Å². The van der Waals surface area contributed by atoms with Crippen LogP contribution in [0.2, 0.25) is 0 Å². The number of aliphatic imine (C=N–C) groups is 1. The van der Waals surface area contributed by atoms with E-state index in [9.17, 15) is 4.79 Å². The van der Waals surface area contributed by atoms with Gasteiger partial charge in [-0.1, -0.05) is 0 Å². The van der Waals surface area contributed by atoms with Crippen molar-refractivity contribution < 1.29 is 4.79 Å². The van der Waals surface area contributed by atoms with Gasteiger partial charge in [0, 0.05) is 18.3 Å². The largest absolute Gasteiger partial charge is 0.273 e. The number of hydrogen-bond donors (Lipinski definition) is 0. The fourth-order valence-corrected chi connectivity index (χ4v) is 0.817. The average Bonchev–Trinajstić information content (AvgIpc) is 2.31. The van der Waals surface area contributed by atoms with Crippen molar-refractivity contribution in [3.05, 3.63) is 17.5 Å². The summed E-state index contributed by atoms with van der Waals surface area (Å²) in [5.41, 5.74) is 2.00. The fourth-order valence-electron chi connectivity index (χ4n) is 0.817. The first-order valence-electron chi connectivity index (χ1n) is 3.27. The molecule has 0 spiro atoms. The summed E-state index contributed by atoms with van der Waals surface area (Å²) in [6.45, 7) is 2.31. The van der Waals surface area contributed by atoms with Crippen molar-refractivity contribution in [3.63, 3.8) is 0 Å². The summed E-state index contributed by atoms with van der Waals surface area (Å²) in [4.78, 5) is 13.2. The fraction of sp³-hybridized carbons (Fsp3) is 0.429. The minimum Gasteiger partial charge on any atom is -0.273 e. The van der Waals surface area contributed by atoms with Gasteiger partial charge in [-0.15, -0.1) is 0 Å². The molecule has 0 bridgehead atoms. The molecule has 0 aliphatic rings. The summed E-state index contributed by atoms with van der Waals surface area (Å²) < 4.78 is 1.75. The van der Waals surface area contributed by atoms with Gasteiger partial charge in [0.1, 0.15) is 0 Å². The van der Waals surface area contributed by atoms with Crippen LogP contribution < -0.4 is 0 Å². The Hall–Kier alpha value is -1.41. The highest BCUT2D eigenvalue weighted by Gasteiger charge is 2.00. The lowest BCUT2D eigenvalue weighted by Gasteiger charge is -1.93. The number of aryl methyl sites for hydroxylation is 1. The topological polar surface area (TPSA) is 47.2 Å². The van der Waals surface area contributed by atoms with E-state index in [1.165, 1.54) is 6.08 Å².